The van der Waals surface area contributed by atoms with E-state index in [9.17, 15) is 0 Å². The summed E-state index contributed by atoms with van der Waals surface area (Å²) in [5.41, 5.74) is 7.37. The summed E-state index contributed by atoms with van der Waals surface area (Å²) in [6.45, 7) is 1.95. The lowest BCUT2D eigenvalue weighted by Gasteiger charge is -1.97. The van der Waals surface area contributed by atoms with Gasteiger partial charge in [0, 0.05) is 29.0 Å². The molecule has 3 heteroatoms. The van der Waals surface area contributed by atoms with Crippen molar-refractivity contribution in [3.8, 4) is 0 Å². The van der Waals surface area contributed by atoms with Gasteiger partial charge in [0.2, 0.25) is 0 Å². The monoisotopic (exact) mass is 185 g/mol. The molecule has 1 aliphatic heterocycles. The van der Waals surface area contributed by atoms with Crippen LogP contribution in [0, 0.1) is 0 Å². The van der Waals surface area contributed by atoms with Gasteiger partial charge < -0.3 is 5.73 Å². The molecule has 2 rings (SSSR count). The van der Waals surface area contributed by atoms with Gasteiger partial charge in [0.25, 0.3) is 0 Å². The molecule has 0 fully saturated rings. The summed E-state index contributed by atoms with van der Waals surface area (Å²) >= 11 is 0. The lowest BCUT2D eigenvalue weighted by Crippen LogP contribution is -2.26. The lowest BCUT2D eigenvalue weighted by atomic mass is 10.2. The van der Waals surface area contributed by atoms with Gasteiger partial charge in [0.05, 0.1) is 5.36 Å². The summed E-state index contributed by atoms with van der Waals surface area (Å²) in [4.78, 5) is 8.55. The lowest BCUT2D eigenvalue weighted by molar-refractivity contribution is 1.27. The number of rotatable bonds is 0. The average Bonchev–Trinajstić information content (AvgIpc) is 2.16. The van der Waals surface area contributed by atoms with Crippen LogP contribution in [0.1, 0.15) is 6.92 Å². The number of nitrogens with zero attached hydrogens (tertiary/aromatic N) is 2. The van der Waals surface area contributed by atoms with Crippen LogP contribution >= 0.6 is 0 Å². The van der Waals surface area contributed by atoms with Gasteiger partial charge in [-0.3, -0.25) is 9.98 Å². The molecule has 3 nitrogen and oxygen atoms in total. The summed E-state index contributed by atoms with van der Waals surface area (Å²) in [6.07, 6.45) is 5.26. The molecule has 0 unspecified atom stereocenters. The summed E-state index contributed by atoms with van der Waals surface area (Å²) < 4.78 is 0. The quantitative estimate of drug-likeness (QED) is 0.592. The van der Waals surface area contributed by atoms with E-state index in [1.54, 1.807) is 12.4 Å². The summed E-state index contributed by atoms with van der Waals surface area (Å²) in [6, 6.07) is 5.64. The van der Waals surface area contributed by atoms with Gasteiger partial charge in [0.15, 0.2) is 0 Å². The van der Waals surface area contributed by atoms with Gasteiger partial charge in [-0.2, -0.15) is 0 Å². The molecule has 70 valence electrons. The topological polar surface area (TPSA) is 50.7 Å². The number of hydrogen-bond acceptors (Lipinski definition) is 3. The fourth-order valence-corrected chi connectivity index (χ4v) is 1.34. The van der Waals surface area contributed by atoms with E-state index < -0.39 is 0 Å². The van der Waals surface area contributed by atoms with E-state index in [0.717, 1.165) is 22.0 Å². The highest BCUT2D eigenvalue weighted by Crippen LogP contribution is 1.96. The molecule has 1 aromatic rings. The fraction of sp³-hybridized carbons (Fsp3) is 0.0909. The van der Waals surface area contributed by atoms with Crippen molar-refractivity contribution in [1.82, 2.24) is 0 Å². The number of nitrogens with two attached hydrogens (primary N) is 1. The third kappa shape index (κ3) is 1.57. The molecule has 0 radical (unpaired) electrons. The summed E-state index contributed by atoms with van der Waals surface area (Å²) in [7, 11) is 0. The standard InChI is InChI=1S/C11H11N3/c1-8-10-7-9(12)3-4-11(10)14-6-2-5-13-8/h2-7H,12H2,1H3/b5-2?,6-2-,10-8-,13-5-,13-8?,14-6?,14-11-. The minimum absolute atomic E-state index is 0.734. The van der Waals surface area contributed by atoms with Crippen molar-refractivity contribution >= 4 is 17.6 Å². The number of fused-ring (bicyclic) bond motifs is 1. The van der Waals surface area contributed by atoms with Crippen molar-refractivity contribution in [2.45, 2.75) is 6.92 Å². The Morgan fingerprint density at radius 3 is 3.00 bits per heavy atom. The molecule has 0 saturated carbocycles. The second-order valence-corrected chi connectivity index (χ2v) is 3.11. The highest BCUT2D eigenvalue weighted by molar-refractivity contribution is 5.75. The van der Waals surface area contributed by atoms with E-state index in [-0.39, 0.29) is 0 Å². The van der Waals surface area contributed by atoms with Crippen LogP contribution in [-0.4, -0.2) is 6.21 Å². The average molecular weight is 185 g/mol. The molecule has 0 amide bonds. The summed E-state index contributed by atoms with van der Waals surface area (Å²) in [5, 5.41) is 1.90. The van der Waals surface area contributed by atoms with Gasteiger partial charge in [-0.25, -0.2) is 0 Å². The summed E-state index contributed by atoms with van der Waals surface area (Å²) in [5.74, 6) is 0. The Kier molecular flexibility index (Phi) is 2.14. The third-order valence-electron chi connectivity index (χ3n) is 2.06. The van der Waals surface area contributed by atoms with Gasteiger partial charge >= 0.3 is 0 Å². The van der Waals surface area contributed by atoms with Crippen molar-refractivity contribution in [1.29, 1.82) is 0 Å². The highest BCUT2D eigenvalue weighted by Gasteiger charge is 1.94. The molecular weight excluding hydrogens is 174 g/mol. The number of benzene rings is 1. The van der Waals surface area contributed by atoms with E-state index in [1.165, 1.54) is 0 Å². The van der Waals surface area contributed by atoms with Crippen LogP contribution in [0.4, 0.5) is 5.69 Å². The van der Waals surface area contributed by atoms with Gasteiger partial charge in [0.1, 0.15) is 0 Å². The maximum absolute atomic E-state index is 5.71. The van der Waals surface area contributed by atoms with Crippen LogP contribution in [0.25, 0.3) is 5.70 Å². The Morgan fingerprint density at radius 2 is 2.14 bits per heavy atom. The van der Waals surface area contributed by atoms with Gasteiger partial charge in [-0.15, -0.1) is 0 Å². The molecule has 0 aliphatic carbocycles. The smallest absolute Gasteiger partial charge is 0.0721 e. The highest BCUT2D eigenvalue weighted by atomic mass is 14.7. The maximum Gasteiger partial charge on any atom is 0.0721 e. The molecule has 1 heterocycles. The maximum atomic E-state index is 5.71. The van der Waals surface area contributed by atoms with Crippen LogP contribution in [0.2, 0.25) is 0 Å². The van der Waals surface area contributed by atoms with Crippen molar-refractivity contribution in [3.05, 3.63) is 41.1 Å². The molecule has 14 heavy (non-hydrogen) atoms. The Morgan fingerprint density at radius 1 is 1.29 bits per heavy atom. The van der Waals surface area contributed by atoms with Crippen LogP contribution in [0.15, 0.2) is 40.5 Å². The Bertz CT molecular complexity index is 524. The number of anilines is 1. The van der Waals surface area contributed by atoms with Gasteiger partial charge in [-0.1, -0.05) is 0 Å². The fourth-order valence-electron chi connectivity index (χ4n) is 1.34. The number of hydrogen-bond donors (Lipinski definition) is 1. The van der Waals surface area contributed by atoms with Crippen molar-refractivity contribution in [2.24, 2.45) is 9.98 Å². The molecule has 1 aliphatic rings. The first-order valence-corrected chi connectivity index (χ1v) is 4.41. The van der Waals surface area contributed by atoms with E-state index >= 15 is 0 Å². The van der Waals surface area contributed by atoms with Crippen molar-refractivity contribution in [3.63, 3.8) is 0 Å². The first kappa shape index (κ1) is 8.69. The molecule has 0 spiro atoms. The Labute approximate surface area is 82.0 Å². The largest absolute Gasteiger partial charge is 0.399 e. The Hall–Kier alpha value is -1.90. The number of nitrogen functional groups attached to an aromatic ring is 1. The first-order chi connectivity index (χ1) is 6.77. The van der Waals surface area contributed by atoms with E-state index in [4.69, 9.17) is 5.73 Å². The normalized spacial score (nSPS) is 25.1. The zero-order chi connectivity index (χ0) is 9.97. The minimum atomic E-state index is 0.734. The van der Waals surface area contributed by atoms with Crippen LogP contribution in [0.3, 0.4) is 0 Å². The number of aliphatic imine (C=N–C) groups is 1. The molecule has 0 saturated heterocycles. The SMILES string of the molecule is CC1=c2\cc(N)cc\c2=N\C=C/C=N\1. The first-order valence-electron chi connectivity index (χ1n) is 4.41. The van der Waals surface area contributed by atoms with Gasteiger partial charge in [-0.05, 0) is 31.2 Å². The molecule has 0 aromatic heterocycles. The van der Waals surface area contributed by atoms with Crippen LogP contribution in [0.5, 0.6) is 0 Å². The van der Waals surface area contributed by atoms with Crippen LogP contribution in [-0.2, 0) is 0 Å². The second-order valence-electron chi connectivity index (χ2n) is 3.11. The Balaban J connectivity index is 2.89. The molecule has 1 aromatic carbocycles. The molecule has 0 bridgehead atoms. The predicted molar refractivity (Wildman–Crippen MR) is 58.3 cm³/mol. The third-order valence-corrected chi connectivity index (χ3v) is 2.06. The van der Waals surface area contributed by atoms with Crippen molar-refractivity contribution < 1.29 is 0 Å². The second kappa shape index (κ2) is 3.46. The van der Waals surface area contributed by atoms with Crippen LogP contribution < -0.4 is 16.3 Å². The number of allylic oxidation sites excluding steroid dienone is 1. The van der Waals surface area contributed by atoms with Crippen molar-refractivity contribution in [2.75, 3.05) is 5.73 Å². The van der Waals surface area contributed by atoms with E-state index in [1.807, 2.05) is 31.2 Å². The van der Waals surface area contributed by atoms with E-state index in [2.05, 4.69) is 9.98 Å². The molecular formula is C11H11N3. The zero-order valence-corrected chi connectivity index (χ0v) is 7.94. The van der Waals surface area contributed by atoms with E-state index in [0.29, 0.717) is 0 Å². The molecule has 0 atom stereocenters. The minimum Gasteiger partial charge on any atom is -0.399 e. The molecule has 2 N–H and O–H groups in total. The zero-order valence-electron chi connectivity index (χ0n) is 7.94. The predicted octanol–water partition coefficient (Wildman–Crippen LogP) is 0.615.